The fraction of sp³-hybridized carbons (Fsp3) is 0.353. The van der Waals surface area contributed by atoms with E-state index in [9.17, 15) is 14.4 Å². The van der Waals surface area contributed by atoms with Gasteiger partial charge in [0.25, 0.3) is 11.8 Å². The third-order valence-corrected chi connectivity index (χ3v) is 4.23. The zero-order valence-electron chi connectivity index (χ0n) is 14.0. The van der Waals surface area contributed by atoms with Crippen LogP contribution in [0.5, 0.6) is 0 Å². The van der Waals surface area contributed by atoms with E-state index < -0.39 is 11.9 Å². The topological polar surface area (TPSA) is 97.6 Å². The third kappa shape index (κ3) is 5.75. The Balaban J connectivity index is 1.82. The van der Waals surface area contributed by atoms with Gasteiger partial charge in [0, 0.05) is 6.04 Å². The number of hydrogen-bond acceptors (Lipinski definition) is 6. The van der Waals surface area contributed by atoms with Crippen LogP contribution in [0.1, 0.15) is 46.9 Å². The van der Waals surface area contributed by atoms with Crippen molar-refractivity contribution < 1.29 is 23.5 Å². The lowest BCUT2D eigenvalue weighted by molar-refractivity contribution is -0.124. The van der Waals surface area contributed by atoms with E-state index in [0.717, 1.165) is 24.2 Å². The summed E-state index contributed by atoms with van der Waals surface area (Å²) in [6.45, 7) is 3.59. The van der Waals surface area contributed by atoms with Crippen molar-refractivity contribution in [2.45, 2.75) is 32.7 Å². The fourth-order valence-corrected chi connectivity index (χ4v) is 2.91. The molecule has 2 rings (SSSR count). The largest absolute Gasteiger partial charge is 0.459 e. The van der Waals surface area contributed by atoms with Crippen molar-refractivity contribution in [2.75, 3.05) is 11.9 Å². The number of furan rings is 1. The second-order valence-corrected chi connectivity index (χ2v) is 6.51. The molecule has 0 spiro atoms. The Morgan fingerprint density at radius 1 is 1.28 bits per heavy atom. The molecule has 0 radical (unpaired) electrons. The van der Waals surface area contributed by atoms with Gasteiger partial charge in [0.1, 0.15) is 4.88 Å². The van der Waals surface area contributed by atoms with Gasteiger partial charge in [-0.05, 0) is 37.6 Å². The summed E-state index contributed by atoms with van der Waals surface area (Å²) >= 11 is 1.06. The van der Waals surface area contributed by atoms with Crippen LogP contribution in [0.25, 0.3) is 0 Å². The standard InChI is InChI=1S/C17H20N2O5S/c1-3-5-11(2)18-14(20)10-24-17(22)13-7-8-15(25-13)19-16(21)12-6-4-9-23-12/h4,6-9,11H,3,5,10H2,1-2H3,(H,18,20)(H,19,21). The molecule has 0 saturated heterocycles. The van der Waals surface area contributed by atoms with E-state index in [2.05, 4.69) is 10.6 Å². The second kappa shape index (κ2) is 9.03. The Bertz CT molecular complexity index is 723. The van der Waals surface area contributed by atoms with Crippen molar-refractivity contribution in [3.8, 4) is 0 Å². The summed E-state index contributed by atoms with van der Waals surface area (Å²) in [5.41, 5.74) is 0. The molecule has 0 aliphatic rings. The SMILES string of the molecule is CCCC(C)NC(=O)COC(=O)c1ccc(NC(=O)c2ccco2)s1. The molecule has 0 aliphatic carbocycles. The van der Waals surface area contributed by atoms with Gasteiger partial charge in [0.05, 0.1) is 11.3 Å². The van der Waals surface area contributed by atoms with Gasteiger partial charge in [-0.25, -0.2) is 4.79 Å². The molecular formula is C17H20N2O5S. The Kier molecular flexibility index (Phi) is 6.76. The van der Waals surface area contributed by atoms with E-state index in [4.69, 9.17) is 9.15 Å². The van der Waals surface area contributed by atoms with Crippen molar-refractivity contribution in [1.82, 2.24) is 5.32 Å². The molecule has 2 aromatic rings. The number of thiophene rings is 1. The molecule has 0 fully saturated rings. The number of esters is 1. The maximum atomic E-state index is 12.0. The molecule has 0 saturated carbocycles. The van der Waals surface area contributed by atoms with Gasteiger partial charge in [0.15, 0.2) is 12.4 Å². The van der Waals surface area contributed by atoms with E-state index in [1.165, 1.54) is 18.4 Å². The molecule has 2 heterocycles. The van der Waals surface area contributed by atoms with Crippen molar-refractivity contribution in [1.29, 1.82) is 0 Å². The zero-order valence-corrected chi connectivity index (χ0v) is 14.9. The molecule has 7 nitrogen and oxygen atoms in total. The summed E-state index contributed by atoms with van der Waals surface area (Å²) in [5.74, 6) is -1.18. The molecule has 134 valence electrons. The highest BCUT2D eigenvalue weighted by atomic mass is 32.1. The molecular weight excluding hydrogens is 344 g/mol. The Morgan fingerprint density at radius 3 is 2.76 bits per heavy atom. The van der Waals surface area contributed by atoms with Gasteiger partial charge >= 0.3 is 5.97 Å². The van der Waals surface area contributed by atoms with Crippen LogP contribution in [-0.4, -0.2) is 30.4 Å². The smallest absolute Gasteiger partial charge is 0.348 e. The summed E-state index contributed by atoms with van der Waals surface area (Å²) < 4.78 is 9.98. The van der Waals surface area contributed by atoms with E-state index >= 15 is 0 Å². The molecule has 1 atom stereocenters. The molecule has 8 heteroatoms. The number of nitrogens with one attached hydrogen (secondary N) is 2. The van der Waals surface area contributed by atoms with E-state index in [0.29, 0.717) is 9.88 Å². The first kappa shape index (κ1) is 18.7. The molecule has 2 N–H and O–H groups in total. The number of anilines is 1. The minimum atomic E-state index is -0.609. The number of ether oxygens (including phenoxy) is 1. The average Bonchev–Trinajstić information content (AvgIpc) is 3.24. The molecule has 0 aromatic carbocycles. The third-order valence-electron chi connectivity index (χ3n) is 3.25. The quantitative estimate of drug-likeness (QED) is 0.702. The monoisotopic (exact) mass is 364 g/mol. The number of rotatable bonds is 8. The van der Waals surface area contributed by atoms with Gasteiger partial charge in [-0.2, -0.15) is 0 Å². The lowest BCUT2D eigenvalue weighted by atomic mass is 10.2. The fourth-order valence-electron chi connectivity index (χ4n) is 2.12. The minimum absolute atomic E-state index is 0.0429. The van der Waals surface area contributed by atoms with E-state index in [-0.39, 0.29) is 24.3 Å². The molecule has 25 heavy (non-hydrogen) atoms. The first-order valence-electron chi connectivity index (χ1n) is 7.90. The Labute approximate surface area is 149 Å². The van der Waals surface area contributed by atoms with Crippen LogP contribution in [0, 0.1) is 0 Å². The highest BCUT2D eigenvalue weighted by Crippen LogP contribution is 2.23. The number of hydrogen-bond donors (Lipinski definition) is 2. The van der Waals surface area contributed by atoms with Crippen LogP contribution in [0.15, 0.2) is 34.9 Å². The zero-order chi connectivity index (χ0) is 18.2. The van der Waals surface area contributed by atoms with Crippen LogP contribution >= 0.6 is 11.3 Å². The van der Waals surface area contributed by atoms with Crippen molar-refractivity contribution in [2.24, 2.45) is 0 Å². The second-order valence-electron chi connectivity index (χ2n) is 5.43. The summed E-state index contributed by atoms with van der Waals surface area (Å²) in [6.07, 6.45) is 3.23. The average molecular weight is 364 g/mol. The first-order valence-corrected chi connectivity index (χ1v) is 8.72. The molecule has 2 aromatic heterocycles. The predicted octanol–water partition coefficient (Wildman–Crippen LogP) is 3.06. The summed E-state index contributed by atoms with van der Waals surface area (Å²) in [4.78, 5) is 35.8. The lowest BCUT2D eigenvalue weighted by Crippen LogP contribution is -2.35. The first-order chi connectivity index (χ1) is 12.0. The van der Waals surface area contributed by atoms with Gasteiger partial charge in [0.2, 0.25) is 0 Å². The highest BCUT2D eigenvalue weighted by molar-refractivity contribution is 7.18. The van der Waals surface area contributed by atoms with Crippen LogP contribution in [0.2, 0.25) is 0 Å². The number of carbonyl (C=O) groups excluding carboxylic acids is 3. The molecule has 0 bridgehead atoms. The van der Waals surface area contributed by atoms with Gasteiger partial charge in [-0.1, -0.05) is 13.3 Å². The van der Waals surface area contributed by atoms with Crippen molar-refractivity contribution >= 4 is 34.1 Å². The van der Waals surface area contributed by atoms with Gasteiger partial charge in [-0.15, -0.1) is 11.3 Å². The van der Waals surface area contributed by atoms with Gasteiger partial charge in [-0.3, -0.25) is 9.59 Å². The van der Waals surface area contributed by atoms with Gasteiger partial charge < -0.3 is 19.8 Å². The maximum absolute atomic E-state index is 12.0. The van der Waals surface area contributed by atoms with Crippen LogP contribution in [0.4, 0.5) is 5.00 Å². The van der Waals surface area contributed by atoms with E-state index in [1.54, 1.807) is 12.1 Å². The predicted molar refractivity (Wildman–Crippen MR) is 93.8 cm³/mol. The number of carbonyl (C=O) groups is 3. The summed E-state index contributed by atoms with van der Waals surface area (Å²) in [5, 5.41) is 5.86. The van der Waals surface area contributed by atoms with Crippen LogP contribution < -0.4 is 10.6 Å². The maximum Gasteiger partial charge on any atom is 0.348 e. The minimum Gasteiger partial charge on any atom is -0.459 e. The molecule has 1 unspecified atom stereocenters. The normalized spacial score (nSPS) is 11.6. The van der Waals surface area contributed by atoms with Crippen molar-refractivity contribution in [3.05, 3.63) is 41.2 Å². The number of amides is 2. The van der Waals surface area contributed by atoms with Crippen molar-refractivity contribution in [3.63, 3.8) is 0 Å². The van der Waals surface area contributed by atoms with Crippen LogP contribution in [0.3, 0.4) is 0 Å². The van der Waals surface area contributed by atoms with Crippen LogP contribution in [-0.2, 0) is 9.53 Å². The molecule has 2 amide bonds. The molecule has 0 aliphatic heterocycles. The lowest BCUT2D eigenvalue weighted by Gasteiger charge is -2.12. The summed E-state index contributed by atoms with van der Waals surface area (Å²) in [6, 6.07) is 6.31. The summed E-state index contributed by atoms with van der Waals surface area (Å²) in [7, 11) is 0. The Morgan fingerprint density at radius 2 is 2.08 bits per heavy atom. The van der Waals surface area contributed by atoms with E-state index in [1.807, 2.05) is 13.8 Å². The Hall–Kier alpha value is -2.61. The highest BCUT2D eigenvalue weighted by Gasteiger charge is 2.16.